The largest absolute Gasteiger partial charge is 0.497 e. The SMILES string of the molecule is CCN1c2cc(C(=O)Nc3cccc(OC)c3)ccc2C(=O)N2CCCC[C@H]21. The molecule has 2 amide bonds. The van der Waals surface area contributed by atoms with Crippen molar-refractivity contribution in [2.45, 2.75) is 32.4 Å². The number of amides is 2. The third kappa shape index (κ3) is 3.19. The van der Waals surface area contributed by atoms with Gasteiger partial charge in [0, 0.05) is 30.4 Å². The molecule has 6 heteroatoms. The van der Waals surface area contributed by atoms with E-state index in [0.717, 1.165) is 38.0 Å². The Hall–Kier alpha value is -3.02. The van der Waals surface area contributed by atoms with Crippen LogP contribution in [0.2, 0.25) is 0 Å². The van der Waals surface area contributed by atoms with Crippen molar-refractivity contribution >= 4 is 23.2 Å². The van der Waals surface area contributed by atoms with Crippen LogP contribution in [0.25, 0.3) is 0 Å². The minimum absolute atomic E-state index is 0.0733. The molecule has 0 unspecified atom stereocenters. The highest BCUT2D eigenvalue weighted by atomic mass is 16.5. The monoisotopic (exact) mass is 379 g/mol. The minimum Gasteiger partial charge on any atom is -0.497 e. The average molecular weight is 379 g/mol. The first kappa shape index (κ1) is 18.3. The summed E-state index contributed by atoms with van der Waals surface area (Å²) in [7, 11) is 1.59. The Morgan fingerprint density at radius 3 is 2.86 bits per heavy atom. The van der Waals surface area contributed by atoms with Crippen molar-refractivity contribution in [3.63, 3.8) is 0 Å². The molecule has 0 aromatic heterocycles. The standard InChI is InChI=1S/C22H25N3O3/c1-3-24-19-13-15(21(26)23-16-7-6-8-17(14-16)28-2)10-11-18(19)22(27)25-12-5-4-9-20(24)25/h6-8,10-11,13-14,20H,3-5,9,12H2,1-2H3,(H,23,26)/t20-/m0/s1. The molecule has 6 nitrogen and oxygen atoms in total. The molecular weight excluding hydrogens is 354 g/mol. The third-order valence-corrected chi connectivity index (χ3v) is 5.56. The van der Waals surface area contributed by atoms with Gasteiger partial charge in [-0.2, -0.15) is 0 Å². The molecule has 0 aliphatic carbocycles. The van der Waals surface area contributed by atoms with E-state index in [1.165, 1.54) is 0 Å². The molecule has 28 heavy (non-hydrogen) atoms. The maximum atomic E-state index is 12.9. The Labute approximate surface area is 165 Å². The highest BCUT2D eigenvalue weighted by molar-refractivity contribution is 6.08. The number of nitrogens with one attached hydrogen (secondary N) is 1. The summed E-state index contributed by atoms with van der Waals surface area (Å²) in [5.41, 5.74) is 2.74. The highest BCUT2D eigenvalue weighted by Gasteiger charge is 2.38. The van der Waals surface area contributed by atoms with Crippen LogP contribution in [-0.4, -0.2) is 43.1 Å². The number of carbonyl (C=O) groups excluding carboxylic acids is 2. The zero-order chi connectivity index (χ0) is 19.7. The van der Waals surface area contributed by atoms with Gasteiger partial charge in [-0.3, -0.25) is 9.59 Å². The van der Waals surface area contributed by atoms with Crippen LogP contribution >= 0.6 is 0 Å². The molecule has 1 fully saturated rings. The Balaban J connectivity index is 1.64. The normalized spacial score (nSPS) is 18.4. The van der Waals surface area contributed by atoms with Gasteiger partial charge in [0.05, 0.1) is 18.4 Å². The summed E-state index contributed by atoms with van der Waals surface area (Å²) in [5.74, 6) is 0.554. The number of carbonyl (C=O) groups is 2. The Morgan fingerprint density at radius 1 is 1.21 bits per heavy atom. The van der Waals surface area contributed by atoms with Crippen molar-refractivity contribution in [3.05, 3.63) is 53.6 Å². The van der Waals surface area contributed by atoms with Crippen LogP contribution in [0, 0.1) is 0 Å². The molecule has 0 saturated carbocycles. The first-order valence-corrected chi connectivity index (χ1v) is 9.79. The second kappa shape index (κ2) is 7.54. The van der Waals surface area contributed by atoms with Gasteiger partial charge in [0.25, 0.3) is 11.8 Å². The van der Waals surface area contributed by atoms with Crippen LogP contribution < -0.4 is 15.0 Å². The van der Waals surface area contributed by atoms with Crippen molar-refractivity contribution in [2.75, 3.05) is 30.4 Å². The lowest BCUT2D eigenvalue weighted by atomic mass is 9.97. The summed E-state index contributed by atoms with van der Waals surface area (Å²) in [6.07, 6.45) is 3.24. The maximum absolute atomic E-state index is 12.9. The zero-order valence-corrected chi connectivity index (χ0v) is 16.3. The lowest BCUT2D eigenvalue weighted by molar-refractivity contribution is 0.0582. The quantitative estimate of drug-likeness (QED) is 0.879. The Morgan fingerprint density at radius 2 is 2.07 bits per heavy atom. The van der Waals surface area contributed by atoms with Crippen molar-refractivity contribution in [3.8, 4) is 5.75 Å². The third-order valence-electron chi connectivity index (χ3n) is 5.56. The number of hydrogen-bond acceptors (Lipinski definition) is 4. The van der Waals surface area contributed by atoms with Crippen LogP contribution in [0.3, 0.4) is 0 Å². The van der Waals surface area contributed by atoms with E-state index in [0.29, 0.717) is 22.6 Å². The predicted molar refractivity (Wildman–Crippen MR) is 109 cm³/mol. The predicted octanol–water partition coefficient (Wildman–Crippen LogP) is 3.74. The molecule has 0 spiro atoms. The van der Waals surface area contributed by atoms with E-state index in [4.69, 9.17) is 4.74 Å². The van der Waals surface area contributed by atoms with Crippen LogP contribution in [0.4, 0.5) is 11.4 Å². The number of methoxy groups -OCH3 is 1. The first-order valence-electron chi connectivity index (χ1n) is 9.79. The summed E-state index contributed by atoms with van der Waals surface area (Å²) in [6.45, 7) is 3.69. The lowest BCUT2D eigenvalue weighted by Gasteiger charge is -2.47. The summed E-state index contributed by atoms with van der Waals surface area (Å²) >= 11 is 0. The van der Waals surface area contributed by atoms with Gasteiger partial charge in [-0.05, 0) is 56.5 Å². The Bertz CT molecular complexity index is 912. The van der Waals surface area contributed by atoms with Crippen molar-refractivity contribution in [2.24, 2.45) is 0 Å². The molecule has 2 aromatic rings. The lowest BCUT2D eigenvalue weighted by Crippen LogP contribution is -2.57. The number of anilines is 2. The van der Waals surface area contributed by atoms with Gasteiger partial charge in [-0.15, -0.1) is 0 Å². The number of nitrogens with zero attached hydrogens (tertiary/aromatic N) is 2. The van der Waals surface area contributed by atoms with Gasteiger partial charge >= 0.3 is 0 Å². The summed E-state index contributed by atoms with van der Waals surface area (Å²) in [6, 6.07) is 12.6. The van der Waals surface area contributed by atoms with E-state index in [-0.39, 0.29) is 18.0 Å². The molecule has 1 atom stereocenters. The zero-order valence-electron chi connectivity index (χ0n) is 16.3. The van der Waals surface area contributed by atoms with Gasteiger partial charge in [-0.25, -0.2) is 0 Å². The van der Waals surface area contributed by atoms with Crippen LogP contribution in [0.5, 0.6) is 5.75 Å². The van der Waals surface area contributed by atoms with E-state index in [2.05, 4.69) is 17.1 Å². The number of ether oxygens (including phenoxy) is 1. The molecule has 2 aromatic carbocycles. The molecule has 0 bridgehead atoms. The molecule has 0 radical (unpaired) electrons. The van der Waals surface area contributed by atoms with Gasteiger partial charge in [-0.1, -0.05) is 6.07 Å². The van der Waals surface area contributed by atoms with E-state index in [1.54, 1.807) is 25.3 Å². The second-order valence-electron chi connectivity index (χ2n) is 7.18. The molecule has 2 heterocycles. The Kier molecular flexibility index (Phi) is 4.94. The molecule has 2 aliphatic rings. The number of benzene rings is 2. The molecule has 1 saturated heterocycles. The van der Waals surface area contributed by atoms with Gasteiger partial charge < -0.3 is 19.9 Å². The van der Waals surface area contributed by atoms with E-state index in [1.807, 2.05) is 29.2 Å². The van der Waals surface area contributed by atoms with Crippen LogP contribution in [-0.2, 0) is 0 Å². The summed E-state index contributed by atoms with van der Waals surface area (Å²) in [5, 5.41) is 2.91. The molecule has 4 rings (SSSR count). The van der Waals surface area contributed by atoms with Crippen molar-refractivity contribution in [1.82, 2.24) is 4.90 Å². The first-order chi connectivity index (χ1) is 13.6. The average Bonchev–Trinajstić information content (AvgIpc) is 2.74. The number of hydrogen-bond donors (Lipinski definition) is 1. The van der Waals surface area contributed by atoms with Crippen molar-refractivity contribution < 1.29 is 14.3 Å². The van der Waals surface area contributed by atoms with Crippen LogP contribution in [0.1, 0.15) is 46.9 Å². The molecule has 1 N–H and O–H groups in total. The second-order valence-corrected chi connectivity index (χ2v) is 7.18. The van der Waals surface area contributed by atoms with Gasteiger partial charge in [0.2, 0.25) is 0 Å². The minimum atomic E-state index is -0.203. The fourth-order valence-electron chi connectivity index (χ4n) is 4.17. The topological polar surface area (TPSA) is 61.9 Å². The van der Waals surface area contributed by atoms with Crippen LogP contribution in [0.15, 0.2) is 42.5 Å². The number of rotatable bonds is 4. The maximum Gasteiger partial charge on any atom is 0.257 e. The van der Waals surface area contributed by atoms with Gasteiger partial charge in [0.15, 0.2) is 0 Å². The number of fused-ring (bicyclic) bond motifs is 2. The number of piperidine rings is 1. The van der Waals surface area contributed by atoms with E-state index >= 15 is 0 Å². The fraction of sp³-hybridized carbons (Fsp3) is 0.364. The smallest absolute Gasteiger partial charge is 0.257 e. The van der Waals surface area contributed by atoms with Crippen molar-refractivity contribution in [1.29, 1.82) is 0 Å². The van der Waals surface area contributed by atoms with E-state index in [9.17, 15) is 9.59 Å². The summed E-state index contributed by atoms with van der Waals surface area (Å²) < 4.78 is 5.21. The van der Waals surface area contributed by atoms with E-state index < -0.39 is 0 Å². The molecular formula is C22H25N3O3. The summed E-state index contributed by atoms with van der Waals surface area (Å²) in [4.78, 5) is 30.0. The molecule has 2 aliphatic heterocycles. The molecule has 146 valence electrons. The van der Waals surface area contributed by atoms with Gasteiger partial charge in [0.1, 0.15) is 11.9 Å². The fourth-order valence-corrected chi connectivity index (χ4v) is 4.17. The highest BCUT2D eigenvalue weighted by Crippen LogP contribution is 2.35.